The Balaban J connectivity index is 2.89. The minimum Gasteiger partial charge on any atom is -0.504 e. The number of rotatable bonds is 4. The molecule has 0 aromatic heterocycles. The predicted molar refractivity (Wildman–Crippen MR) is 61.2 cm³/mol. The van der Waals surface area contributed by atoms with E-state index in [0.29, 0.717) is 6.54 Å². The number of nitrogens with two attached hydrogens (primary N) is 1. The van der Waals surface area contributed by atoms with Crippen LogP contribution >= 0.6 is 0 Å². The highest BCUT2D eigenvalue weighted by atomic mass is 16.3. The summed E-state index contributed by atoms with van der Waals surface area (Å²) in [5, 5.41) is 19.0. The summed E-state index contributed by atoms with van der Waals surface area (Å²) in [6.45, 7) is 4.48. The predicted octanol–water partition coefficient (Wildman–Crippen LogP) is 2.00. The van der Waals surface area contributed by atoms with Gasteiger partial charge in [0, 0.05) is 0 Å². The van der Waals surface area contributed by atoms with Crippen LogP contribution in [0.4, 0.5) is 0 Å². The van der Waals surface area contributed by atoms with E-state index in [4.69, 9.17) is 5.73 Å². The Bertz CT molecular complexity index is 348. The van der Waals surface area contributed by atoms with Crippen molar-refractivity contribution in [2.75, 3.05) is 6.54 Å². The summed E-state index contributed by atoms with van der Waals surface area (Å²) >= 11 is 0. The van der Waals surface area contributed by atoms with Crippen molar-refractivity contribution in [3.8, 4) is 11.5 Å². The van der Waals surface area contributed by atoms with E-state index in [1.165, 1.54) is 0 Å². The molecule has 0 amide bonds. The Labute approximate surface area is 90.5 Å². The van der Waals surface area contributed by atoms with Crippen molar-refractivity contribution >= 4 is 0 Å². The van der Waals surface area contributed by atoms with Crippen molar-refractivity contribution in [3.05, 3.63) is 22.8 Å². The number of aryl methyl sites for hydroxylation is 1. The van der Waals surface area contributed by atoms with Crippen LogP contribution in [0.3, 0.4) is 0 Å². The summed E-state index contributed by atoms with van der Waals surface area (Å²) in [5.74, 6) is -0.0316. The fourth-order valence-corrected chi connectivity index (χ4v) is 1.67. The molecule has 84 valence electrons. The van der Waals surface area contributed by atoms with E-state index >= 15 is 0 Å². The van der Waals surface area contributed by atoms with Crippen LogP contribution in [0, 0.1) is 13.8 Å². The first-order valence-corrected chi connectivity index (χ1v) is 5.29. The fraction of sp³-hybridized carbons (Fsp3) is 0.500. The van der Waals surface area contributed by atoms with Crippen LogP contribution in [0.1, 0.15) is 29.5 Å². The molecule has 0 unspecified atom stereocenters. The second kappa shape index (κ2) is 5.03. The van der Waals surface area contributed by atoms with Gasteiger partial charge in [0.1, 0.15) is 0 Å². The van der Waals surface area contributed by atoms with Gasteiger partial charge in [0.15, 0.2) is 11.5 Å². The Morgan fingerprint density at radius 2 is 1.80 bits per heavy atom. The molecule has 3 heteroatoms. The zero-order chi connectivity index (χ0) is 11.4. The molecule has 0 saturated heterocycles. The van der Waals surface area contributed by atoms with Gasteiger partial charge in [-0.3, -0.25) is 0 Å². The zero-order valence-electron chi connectivity index (χ0n) is 9.38. The van der Waals surface area contributed by atoms with Crippen LogP contribution in [0.25, 0.3) is 0 Å². The maximum Gasteiger partial charge on any atom is 0.160 e. The van der Waals surface area contributed by atoms with Gasteiger partial charge in [0.05, 0.1) is 0 Å². The highest BCUT2D eigenvalue weighted by Gasteiger charge is 2.10. The van der Waals surface area contributed by atoms with Crippen LogP contribution in [0.5, 0.6) is 11.5 Å². The van der Waals surface area contributed by atoms with Gasteiger partial charge in [-0.1, -0.05) is 0 Å². The summed E-state index contributed by atoms with van der Waals surface area (Å²) in [7, 11) is 0. The maximum absolute atomic E-state index is 9.51. The summed E-state index contributed by atoms with van der Waals surface area (Å²) in [6.07, 6.45) is 2.90. The molecule has 0 aliphatic carbocycles. The third kappa shape index (κ3) is 2.63. The van der Waals surface area contributed by atoms with Crippen LogP contribution in [-0.4, -0.2) is 16.8 Å². The van der Waals surface area contributed by atoms with E-state index in [0.717, 1.165) is 36.0 Å². The second-order valence-corrected chi connectivity index (χ2v) is 3.90. The first-order valence-electron chi connectivity index (χ1n) is 5.29. The molecule has 3 nitrogen and oxygen atoms in total. The Hall–Kier alpha value is -1.22. The normalized spacial score (nSPS) is 10.6. The number of hydrogen-bond donors (Lipinski definition) is 3. The summed E-state index contributed by atoms with van der Waals surface area (Å²) in [6, 6.07) is 1.65. The van der Waals surface area contributed by atoms with E-state index in [-0.39, 0.29) is 11.5 Å². The van der Waals surface area contributed by atoms with Crippen molar-refractivity contribution in [1.29, 1.82) is 0 Å². The first-order chi connectivity index (χ1) is 7.07. The lowest BCUT2D eigenvalue weighted by molar-refractivity contribution is 0.400. The van der Waals surface area contributed by atoms with Crippen molar-refractivity contribution < 1.29 is 10.2 Å². The minimum atomic E-state index is -0.0270. The third-order valence-electron chi connectivity index (χ3n) is 2.85. The molecule has 1 aromatic carbocycles. The van der Waals surface area contributed by atoms with Crippen molar-refractivity contribution in [1.82, 2.24) is 0 Å². The molecule has 4 N–H and O–H groups in total. The first kappa shape index (κ1) is 11.9. The van der Waals surface area contributed by atoms with Gasteiger partial charge < -0.3 is 15.9 Å². The lowest BCUT2D eigenvalue weighted by atomic mass is 9.97. The number of hydrogen-bond acceptors (Lipinski definition) is 3. The molecule has 0 atom stereocenters. The number of phenolic OH excluding ortho intramolecular Hbond substituents is 2. The second-order valence-electron chi connectivity index (χ2n) is 3.90. The molecule has 0 spiro atoms. The number of aromatic hydroxyl groups is 2. The van der Waals surface area contributed by atoms with Crippen LogP contribution < -0.4 is 5.73 Å². The van der Waals surface area contributed by atoms with Gasteiger partial charge in [-0.15, -0.1) is 0 Å². The van der Waals surface area contributed by atoms with Gasteiger partial charge >= 0.3 is 0 Å². The van der Waals surface area contributed by atoms with Gasteiger partial charge in [0.25, 0.3) is 0 Å². The zero-order valence-corrected chi connectivity index (χ0v) is 9.38. The third-order valence-corrected chi connectivity index (χ3v) is 2.85. The van der Waals surface area contributed by atoms with Gasteiger partial charge in [0.2, 0.25) is 0 Å². The van der Waals surface area contributed by atoms with Crippen LogP contribution in [0.2, 0.25) is 0 Å². The molecular formula is C12H19NO2. The highest BCUT2D eigenvalue weighted by molar-refractivity contribution is 5.51. The standard InChI is InChI=1S/C12H19NO2/c1-8-9(2)12(15)11(14)7-10(8)5-3-4-6-13/h7,14-15H,3-6,13H2,1-2H3. The highest BCUT2D eigenvalue weighted by Crippen LogP contribution is 2.33. The van der Waals surface area contributed by atoms with Crippen molar-refractivity contribution in [2.45, 2.75) is 33.1 Å². The Morgan fingerprint density at radius 3 is 2.40 bits per heavy atom. The van der Waals surface area contributed by atoms with Crippen molar-refractivity contribution in [3.63, 3.8) is 0 Å². The van der Waals surface area contributed by atoms with Crippen molar-refractivity contribution in [2.24, 2.45) is 5.73 Å². The lowest BCUT2D eigenvalue weighted by Crippen LogP contribution is -2.00. The molecular weight excluding hydrogens is 190 g/mol. The SMILES string of the molecule is Cc1c(CCCCN)cc(O)c(O)c1C. The maximum atomic E-state index is 9.51. The lowest BCUT2D eigenvalue weighted by Gasteiger charge is -2.11. The molecule has 15 heavy (non-hydrogen) atoms. The minimum absolute atomic E-state index is 0.00456. The molecule has 0 saturated carbocycles. The molecule has 0 aliphatic heterocycles. The molecule has 0 radical (unpaired) electrons. The van der Waals surface area contributed by atoms with Gasteiger partial charge in [-0.2, -0.15) is 0 Å². The van der Waals surface area contributed by atoms with E-state index in [1.807, 2.05) is 13.8 Å². The van der Waals surface area contributed by atoms with Gasteiger partial charge in [-0.25, -0.2) is 0 Å². The number of unbranched alkanes of at least 4 members (excludes halogenated alkanes) is 1. The fourth-order valence-electron chi connectivity index (χ4n) is 1.67. The Kier molecular flexibility index (Phi) is 3.97. The average Bonchev–Trinajstić information content (AvgIpc) is 2.23. The van der Waals surface area contributed by atoms with Crippen LogP contribution in [-0.2, 0) is 6.42 Å². The Morgan fingerprint density at radius 1 is 1.13 bits per heavy atom. The molecule has 0 heterocycles. The average molecular weight is 209 g/mol. The topological polar surface area (TPSA) is 66.5 Å². The molecule has 0 fully saturated rings. The molecule has 1 aromatic rings. The van der Waals surface area contributed by atoms with E-state index < -0.39 is 0 Å². The van der Waals surface area contributed by atoms with E-state index in [1.54, 1.807) is 6.07 Å². The smallest absolute Gasteiger partial charge is 0.160 e. The quantitative estimate of drug-likeness (QED) is 0.525. The summed E-state index contributed by atoms with van der Waals surface area (Å²) < 4.78 is 0. The largest absolute Gasteiger partial charge is 0.504 e. The molecule has 0 bridgehead atoms. The van der Waals surface area contributed by atoms with E-state index in [9.17, 15) is 10.2 Å². The summed E-state index contributed by atoms with van der Waals surface area (Å²) in [4.78, 5) is 0. The number of benzene rings is 1. The molecule has 0 aliphatic rings. The van der Waals surface area contributed by atoms with Gasteiger partial charge in [-0.05, 0) is 62.4 Å². The number of phenols is 2. The van der Waals surface area contributed by atoms with Crippen LogP contribution in [0.15, 0.2) is 6.07 Å². The summed E-state index contributed by atoms with van der Waals surface area (Å²) in [5.41, 5.74) is 8.34. The van der Waals surface area contributed by atoms with E-state index in [2.05, 4.69) is 0 Å². The monoisotopic (exact) mass is 209 g/mol. The molecule has 1 rings (SSSR count).